The number of halogens is 1. The van der Waals surface area contributed by atoms with Crippen LogP contribution in [-0.2, 0) is 0 Å². The third-order valence-electron chi connectivity index (χ3n) is 23.0. The van der Waals surface area contributed by atoms with E-state index in [1.54, 1.807) is 0 Å². The maximum Gasteiger partial charge on any atom is 0.0979 e. The lowest BCUT2D eigenvalue weighted by Gasteiger charge is -2.17. The molecule has 0 amide bonds. The van der Waals surface area contributed by atoms with Crippen molar-refractivity contribution in [2.75, 3.05) is 0 Å². The molecule has 0 radical (unpaired) electrons. The fraction of sp³-hybridized carbons (Fsp3) is 0.00952. The summed E-state index contributed by atoms with van der Waals surface area (Å²) in [5.41, 5.74) is 28.5. The summed E-state index contributed by atoms with van der Waals surface area (Å²) in [7, 11) is 0. The van der Waals surface area contributed by atoms with Gasteiger partial charge in [0.1, 0.15) is 0 Å². The van der Waals surface area contributed by atoms with Crippen LogP contribution in [0.1, 0.15) is 22.6 Å². The zero-order valence-corrected chi connectivity index (χ0v) is 61.8. The van der Waals surface area contributed by atoms with Crippen LogP contribution in [-0.4, -0.2) is 34.1 Å². The summed E-state index contributed by atoms with van der Waals surface area (Å²) in [5, 5.41) is 17.7. The molecule has 1 aliphatic carbocycles. The second-order valence-corrected chi connectivity index (χ2v) is 29.7. The zero-order valence-electron chi connectivity index (χ0n) is 61.1. The average molecular weight is 1460 g/mol. The molecular weight excluding hydrogens is 1390 g/mol. The number of aromatic amines is 1. The van der Waals surface area contributed by atoms with Gasteiger partial charge in [-0.15, -0.1) is 0 Å². The first kappa shape index (κ1) is 65.5. The fourth-order valence-electron chi connectivity index (χ4n) is 17.8. The van der Waals surface area contributed by atoms with Gasteiger partial charge in [0, 0.05) is 98.3 Å². The Kier molecular flexibility index (Phi) is 15.6. The molecular formula is C105H66ClN7. The molecule has 1 unspecified atom stereocenters. The van der Waals surface area contributed by atoms with E-state index in [1.807, 2.05) is 48.8 Å². The fourth-order valence-corrected chi connectivity index (χ4v) is 17.9. The normalized spacial score (nSPS) is 12.6. The minimum Gasteiger partial charge on any atom is -0.354 e. The Balaban J connectivity index is 0.000000115. The summed E-state index contributed by atoms with van der Waals surface area (Å²) < 4.78 is 4.73. The SMILES string of the molecule is Clc1ccc(-c2cnc3c4ccccc4c4ccccc4c3n2)cc1.c1ccc(-n2c3ccccc3c3cc(-c4ccc5c(c4)C(c4cccc(-c6cnc7c8ccccc8c8ccccc8c7n6)c4)c4ccccc4-5)ccc32)cc1.c1ccc(-n2c3ccccc3c3cc(-c4ccc5c(c4)[nH]c4ccccc45)ccc32)cc1. The summed E-state index contributed by atoms with van der Waals surface area (Å²) >= 11 is 6.00. The van der Waals surface area contributed by atoms with Gasteiger partial charge in [0.2, 0.25) is 0 Å². The van der Waals surface area contributed by atoms with Gasteiger partial charge in [0.15, 0.2) is 0 Å². The van der Waals surface area contributed by atoms with E-state index in [9.17, 15) is 0 Å². The van der Waals surface area contributed by atoms with Crippen LogP contribution < -0.4 is 0 Å². The van der Waals surface area contributed by atoms with Gasteiger partial charge < -0.3 is 14.1 Å². The Bertz CT molecular complexity index is 7700. The highest BCUT2D eigenvalue weighted by molar-refractivity contribution is 6.30. The first-order chi connectivity index (χ1) is 56.0. The number of benzene rings is 18. The molecule has 1 N–H and O–H groups in total. The Labute approximate surface area is 655 Å². The second kappa shape index (κ2) is 26.9. The van der Waals surface area contributed by atoms with E-state index in [0.29, 0.717) is 5.02 Å². The molecule has 0 bridgehead atoms. The van der Waals surface area contributed by atoms with Gasteiger partial charge in [-0.25, -0.2) is 9.97 Å². The van der Waals surface area contributed by atoms with Crippen molar-refractivity contribution in [2.45, 2.75) is 5.92 Å². The van der Waals surface area contributed by atoms with E-state index in [1.165, 1.54) is 148 Å². The summed E-state index contributed by atoms with van der Waals surface area (Å²) in [6, 6.07) is 134. The highest BCUT2D eigenvalue weighted by Gasteiger charge is 2.31. The Morgan fingerprint density at radius 2 is 0.655 bits per heavy atom. The number of aromatic nitrogens is 7. The molecule has 0 saturated carbocycles. The molecule has 5 aromatic heterocycles. The van der Waals surface area contributed by atoms with Crippen molar-refractivity contribution in [3.8, 4) is 67.3 Å². The van der Waals surface area contributed by atoms with E-state index in [2.05, 4.69) is 354 Å². The number of hydrogen-bond donors (Lipinski definition) is 1. The van der Waals surface area contributed by atoms with Gasteiger partial charge in [-0.2, -0.15) is 0 Å². The van der Waals surface area contributed by atoms with Crippen LogP contribution in [0.3, 0.4) is 0 Å². The average Bonchev–Trinajstić information content (AvgIpc) is 0.947. The molecule has 18 aromatic carbocycles. The number of rotatable bonds is 7. The topological polar surface area (TPSA) is 77.2 Å². The van der Waals surface area contributed by atoms with Crippen molar-refractivity contribution >= 4 is 142 Å². The summed E-state index contributed by atoms with van der Waals surface area (Å²) in [4.78, 5) is 23.7. The van der Waals surface area contributed by atoms with Crippen molar-refractivity contribution in [1.29, 1.82) is 0 Å². The highest BCUT2D eigenvalue weighted by atomic mass is 35.5. The molecule has 0 fully saturated rings. The summed E-state index contributed by atoms with van der Waals surface area (Å²) in [6.07, 6.45) is 3.79. The quantitative estimate of drug-likeness (QED) is 0.161. The van der Waals surface area contributed by atoms with Crippen molar-refractivity contribution < 1.29 is 0 Å². The van der Waals surface area contributed by atoms with Crippen LogP contribution in [0, 0.1) is 0 Å². The minimum absolute atomic E-state index is 0.0861. The maximum atomic E-state index is 6.00. The number of hydrogen-bond acceptors (Lipinski definition) is 4. The van der Waals surface area contributed by atoms with E-state index in [4.69, 9.17) is 31.5 Å². The van der Waals surface area contributed by atoms with E-state index in [0.717, 1.165) is 66.1 Å². The number of para-hydroxylation sites is 5. The van der Waals surface area contributed by atoms with Crippen LogP contribution in [0.5, 0.6) is 0 Å². The van der Waals surface area contributed by atoms with Gasteiger partial charge in [-0.05, 0) is 169 Å². The number of nitrogens with zero attached hydrogens (tertiary/aromatic N) is 6. The van der Waals surface area contributed by atoms with Gasteiger partial charge in [-0.3, -0.25) is 9.97 Å². The van der Waals surface area contributed by atoms with Crippen molar-refractivity contribution in [1.82, 2.24) is 34.1 Å². The first-order valence-corrected chi connectivity index (χ1v) is 38.7. The Morgan fingerprint density at radius 1 is 0.248 bits per heavy atom. The van der Waals surface area contributed by atoms with Crippen LogP contribution in [0.2, 0.25) is 5.02 Å². The highest BCUT2D eigenvalue weighted by Crippen LogP contribution is 2.51. The Hall–Kier alpha value is -14.6. The molecule has 1 aliphatic rings. The monoisotopic (exact) mass is 1460 g/mol. The molecule has 1 atom stereocenters. The van der Waals surface area contributed by atoms with Crippen molar-refractivity contribution in [2.24, 2.45) is 0 Å². The van der Waals surface area contributed by atoms with E-state index >= 15 is 0 Å². The molecule has 5 heterocycles. The molecule has 24 rings (SSSR count). The van der Waals surface area contributed by atoms with Gasteiger partial charge >= 0.3 is 0 Å². The zero-order chi connectivity index (χ0) is 74.6. The third-order valence-corrected chi connectivity index (χ3v) is 23.2. The minimum atomic E-state index is 0.0861. The largest absolute Gasteiger partial charge is 0.354 e. The molecule has 0 saturated heterocycles. The molecule has 23 aromatic rings. The Morgan fingerprint density at radius 3 is 1.22 bits per heavy atom. The molecule has 7 nitrogen and oxygen atoms in total. The van der Waals surface area contributed by atoms with Crippen LogP contribution in [0.4, 0.5) is 0 Å². The van der Waals surface area contributed by atoms with Crippen molar-refractivity contribution in [3.05, 3.63) is 410 Å². The smallest absolute Gasteiger partial charge is 0.0979 e. The number of fused-ring (bicyclic) bond motifs is 24. The predicted octanol–water partition coefficient (Wildman–Crippen LogP) is 27.9. The number of H-pyrrole nitrogens is 1. The molecule has 113 heavy (non-hydrogen) atoms. The lowest BCUT2D eigenvalue weighted by molar-refractivity contribution is 1.02. The summed E-state index contributed by atoms with van der Waals surface area (Å²) in [5.74, 6) is 0.0861. The van der Waals surface area contributed by atoms with E-state index < -0.39 is 0 Å². The lowest BCUT2D eigenvalue weighted by atomic mass is 9.87. The molecule has 0 spiro atoms. The van der Waals surface area contributed by atoms with Crippen molar-refractivity contribution in [3.63, 3.8) is 0 Å². The van der Waals surface area contributed by atoms with Crippen LogP contribution in [0.15, 0.2) is 389 Å². The third kappa shape index (κ3) is 11.0. The maximum absolute atomic E-state index is 6.00. The van der Waals surface area contributed by atoms with E-state index in [-0.39, 0.29) is 5.92 Å². The van der Waals surface area contributed by atoms with Crippen LogP contribution in [0.25, 0.3) is 198 Å². The second-order valence-electron chi connectivity index (χ2n) is 29.3. The molecule has 528 valence electrons. The van der Waals surface area contributed by atoms with Gasteiger partial charge in [-0.1, -0.05) is 291 Å². The lowest BCUT2D eigenvalue weighted by Crippen LogP contribution is -2.00. The predicted molar refractivity (Wildman–Crippen MR) is 473 cm³/mol. The number of nitrogens with one attached hydrogen (secondary N) is 1. The van der Waals surface area contributed by atoms with Crippen LogP contribution >= 0.6 is 11.6 Å². The van der Waals surface area contributed by atoms with Gasteiger partial charge in [0.25, 0.3) is 0 Å². The molecule has 8 heteroatoms. The van der Waals surface area contributed by atoms with Gasteiger partial charge in [0.05, 0.1) is 67.9 Å². The summed E-state index contributed by atoms with van der Waals surface area (Å²) in [6.45, 7) is 0. The standard InChI is InChI=1S/C53H33N3.C30H20N2.C22H13ClN2/c1-2-15-37(16-3-1)56-49-24-11-10-20-42(49)46-30-34(26-28-50(46)56)33-25-27-41-38-17-4-7-21-43(38)51(47(41)31-33)36-14-12-13-35(29-36)48-32-54-52-44-22-8-5-18-39(44)40-19-6-9-23-45(40)53(52)55-48;1-2-8-22(9-3-1)32-29-13-7-5-11-25(29)26-18-20(15-17-30(26)32)21-14-16-24-23-10-4-6-12-27(23)31-28(24)19-21;23-15-11-9-14(10-12-15)20-13-24-21-18-7-3-1-5-16(18)17-6-2-4-8-19(17)22(21)25-20/h1-32,51H;1-19,31H;1-13H. The first-order valence-electron chi connectivity index (χ1n) is 38.4. The molecule has 0 aliphatic heterocycles.